The Kier molecular flexibility index (Phi) is 11.5. The van der Waals surface area contributed by atoms with Crippen LogP contribution in [0.15, 0.2) is 78.0 Å². The molecule has 0 aromatic heterocycles. The number of amides is 6. The summed E-state index contributed by atoms with van der Waals surface area (Å²) in [7, 11) is 1.26. The number of nitrogens with one attached hydrogen (secondary N) is 2. The van der Waals surface area contributed by atoms with Crippen LogP contribution in [0.4, 0.5) is 9.59 Å². The maximum absolute atomic E-state index is 13.4. The number of carboxylic acids is 1. The third-order valence-corrected chi connectivity index (χ3v) is 7.78. The number of β-lactam (4-membered cyclic amide) rings is 1. The van der Waals surface area contributed by atoms with Crippen LogP contribution >= 0.6 is 11.8 Å². The molecule has 43 heavy (non-hydrogen) atoms. The number of nitrogens with two attached hydrogens (primary N) is 1. The number of fused-ring (bicyclic) bond motifs is 1. The molecular formula is C28H26N5NaO8S. The molecule has 2 unspecified atom stereocenters. The first-order chi connectivity index (χ1) is 20.1. The van der Waals surface area contributed by atoms with Crippen molar-refractivity contribution in [3.63, 3.8) is 0 Å². The molecule has 4 N–H and O–H groups in total. The molecule has 2 aromatic carbocycles. The van der Waals surface area contributed by atoms with Crippen molar-refractivity contribution in [2.45, 2.75) is 17.5 Å². The number of likely N-dealkylation sites (N-methyl/N-ethyl adjacent to an activating group) is 1. The van der Waals surface area contributed by atoms with Crippen molar-refractivity contribution in [2.75, 3.05) is 19.4 Å². The molecule has 3 atom stereocenters. The number of carboxylic acid groups (broad SMARTS) is 1. The fraction of sp³-hybridized carbons (Fsp3) is 0.214. The number of urea groups is 1. The molecule has 1 fully saturated rings. The summed E-state index contributed by atoms with van der Waals surface area (Å²) >= 11 is 1.14. The predicted molar refractivity (Wildman–Crippen MR) is 149 cm³/mol. The number of imide groups is 1. The van der Waals surface area contributed by atoms with Gasteiger partial charge in [-0.2, -0.15) is 0 Å². The summed E-state index contributed by atoms with van der Waals surface area (Å²) in [6.45, 7) is -0.436. The summed E-state index contributed by atoms with van der Waals surface area (Å²) in [6.07, 6.45) is 1.66. The van der Waals surface area contributed by atoms with E-state index in [0.717, 1.165) is 27.1 Å². The Hall–Kier alpha value is -4.11. The van der Waals surface area contributed by atoms with Gasteiger partial charge in [-0.15, -0.1) is 11.8 Å². The largest absolute Gasteiger partial charge is 1.00 e. The Bertz CT molecular complexity index is 1470. The Balaban J connectivity index is 0.00000506. The Labute approximate surface area is 272 Å². The van der Waals surface area contributed by atoms with Crippen molar-refractivity contribution < 1.29 is 68.2 Å². The first-order valence-electron chi connectivity index (χ1n) is 12.6. The molecular weight excluding hydrogens is 589 g/mol. The topological polar surface area (TPSA) is 191 Å². The minimum absolute atomic E-state index is 0. The normalized spacial score (nSPS) is 18.0. The first-order valence-corrected chi connectivity index (χ1v) is 13.6. The minimum atomic E-state index is -1.65. The molecule has 2 aromatic rings. The second-order valence-electron chi connectivity index (χ2n) is 9.18. The van der Waals surface area contributed by atoms with Gasteiger partial charge in [0.2, 0.25) is 5.91 Å². The molecule has 13 nitrogen and oxygen atoms in total. The van der Waals surface area contributed by atoms with Gasteiger partial charge in [-0.3, -0.25) is 24.2 Å². The SMILES string of the molecule is CN(C(=O)C=Cc1ccccc1)C(=O)NC(C(=O)NC1C(=O)N2C(C(=O)[O-])=C(COC(N)=O)CS[C@@H]12)c1ccccc1.[Na+]. The molecule has 1 saturated heterocycles. The maximum Gasteiger partial charge on any atom is 1.00 e. The molecule has 218 valence electrons. The van der Waals surface area contributed by atoms with E-state index in [0.29, 0.717) is 5.56 Å². The molecule has 2 heterocycles. The van der Waals surface area contributed by atoms with Crippen molar-refractivity contribution >= 4 is 53.7 Å². The Morgan fingerprint density at radius 3 is 2.35 bits per heavy atom. The molecule has 0 radical (unpaired) electrons. The van der Waals surface area contributed by atoms with E-state index >= 15 is 0 Å². The minimum Gasteiger partial charge on any atom is -0.543 e. The standard InChI is InChI=1S/C28H27N5O8S.Na/c1-32(19(34)13-12-16-8-4-2-5-9-16)28(40)31-20(17-10-6-3-7-11-17)23(35)30-21-24(36)33-22(26(37)38)18(14-41-27(29)39)15-42-25(21)33;/h2-13,20-21,25H,14-15H2,1H3,(H2,29,39)(H,30,35)(H,31,40)(H,37,38);/q;+1/p-1/t20?,21?,25-;/m0./s1. The van der Waals surface area contributed by atoms with Crippen LogP contribution in [-0.4, -0.2) is 76.4 Å². The van der Waals surface area contributed by atoms with Crippen LogP contribution in [-0.2, 0) is 23.9 Å². The average molecular weight is 616 g/mol. The van der Waals surface area contributed by atoms with E-state index in [4.69, 9.17) is 5.73 Å². The number of thioether (sulfide) groups is 1. The Morgan fingerprint density at radius 2 is 1.74 bits per heavy atom. The van der Waals surface area contributed by atoms with Gasteiger partial charge >= 0.3 is 41.7 Å². The second kappa shape index (κ2) is 14.9. The van der Waals surface area contributed by atoms with Gasteiger partial charge in [-0.05, 0) is 17.2 Å². The fourth-order valence-electron chi connectivity index (χ4n) is 4.29. The van der Waals surface area contributed by atoms with Crippen LogP contribution in [0.1, 0.15) is 17.2 Å². The quantitative estimate of drug-likeness (QED) is 0.151. The molecule has 6 amide bonds. The van der Waals surface area contributed by atoms with Crippen molar-refractivity contribution in [2.24, 2.45) is 5.73 Å². The summed E-state index contributed by atoms with van der Waals surface area (Å²) in [6, 6.07) is 13.9. The van der Waals surface area contributed by atoms with Crippen LogP contribution in [0.3, 0.4) is 0 Å². The van der Waals surface area contributed by atoms with E-state index in [2.05, 4.69) is 15.4 Å². The van der Waals surface area contributed by atoms with E-state index in [1.807, 2.05) is 6.07 Å². The summed E-state index contributed by atoms with van der Waals surface area (Å²) in [5.41, 5.74) is 5.76. The molecule has 4 rings (SSSR count). The third kappa shape index (κ3) is 7.84. The first kappa shape index (κ1) is 33.4. The Morgan fingerprint density at radius 1 is 1.12 bits per heavy atom. The number of ether oxygens (including phenoxy) is 1. The van der Waals surface area contributed by atoms with Crippen molar-refractivity contribution in [3.05, 3.63) is 89.1 Å². The number of hydrogen-bond acceptors (Lipinski definition) is 9. The zero-order valence-corrected chi connectivity index (χ0v) is 26.0. The number of nitrogens with zero attached hydrogens (tertiary/aromatic N) is 2. The number of aliphatic carboxylic acids is 1. The summed E-state index contributed by atoms with van der Waals surface area (Å²) < 4.78 is 4.68. The number of primary amides is 1. The number of carbonyl (C=O) groups excluding carboxylic acids is 6. The van der Waals surface area contributed by atoms with E-state index < -0.39 is 65.6 Å². The van der Waals surface area contributed by atoms with Gasteiger partial charge in [0, 0.05) is 24.4 Å². The number of carbonyl (C=O) groups is 6. The van der Waals surface area contributed by atoms with Crippen LogP contribution in [0.5, 0.6) is 0 Å². The van der Waals surface area contributed by atoms with Gasteiger partial charge < -0.3 is 31.0 Å². The zero-order chi connectivity index (χ0) is 30.4. The predicted octanol–water partition coefficient (Wildman–Crippen LogP) is -2.89. The maximum atomic E-state index is 13.4. The monoisotopic (exact) mass is 615 g/mol. The molecule has 0 spiro atoms. The summed E-state index contributed by atoms with van der Waals surface area (Å²) in [5.74, 6) is -3.70. The van der Waals surface area contributed by atoms with Crippen molar-refractivity contribution in [3.8, 4) is 0 Å². The fourth-order valence-corrected chi connectivity index (χ4v) is 5.61. The van der Waals surface area contributed by atoms with E-state index in [1.54, 1.807) is 60.7 Å². The van der Waals surface area contributed by atoms with Crippen LogP contribution in [0, 0.1) is 0 Å². The van der Waals surface area contributed by atoms with Crippen LogP contribution in [0.25, 0.3) is 6.08 Å². The summed E-state index contributed by atoms with van der Waals surface area (Å²) in [5, 5.41) is 16.1. The van der Waals surface area contributed by atoms with Gasteiger partial charge in [-0.1, -0.05) is 60.7 Å². The van der Waals surface area contributed by atoms with Gasteiger partial charge in [0.1, 0.15) is 24.1 Å². The zero-order valence-electron chi connectivity index (χ0n) is 23.2. The molecule has 2 aliphatic heterocycles. The molecule has 2 aliphatic rings. The van der Waals surface area contributed by atoms with Gasteiger partial charge in [0.05, 0.1) is 11.7 Å². The molecule has 0 aliphatic carbocycles. The van der Waals surface area contributed by atoms with Gasteiger partial charge in [-0.25, -0.2) is 9.59 Å². The van der Waals surface area contributed by atoms with Crippen LogP contribution in [0.2, 0.25) is 0 Å². The second-order valence-corrected chi connectivity index (χ2v) is 10.3. The number of benzene rings is 2. The smallest absolute Gasteiger partial charge is 0.543 e. The van der Waals surface area contributed by atoms with Crippen LogP contribution < -0.4 is 51.0 Å². The van der Waals surface area contributed by atoms with Gasteiger partial charge in [0.15, 0.2) is 0 Å². The van der Waals surface area contributed by atoms with Crippen molar-refractivity contribution in [1.82, 2.24) is 20.4 Å². The van der Waals surface area contributed by atoms with E-state index in [-0.39, 0.29) is 40.9 Å². The number of rotatable bonds is 9. The molecule has 0 bridgehead atoms. The summed E-state index contributed by atoms with van der Waals surface area (Å²) in [4.78, 5) is 76.6. The third-order valence-electron chi connectivity index (χ3n) is 6.44. The number of hydrogen-bond donors (Lipinski definition) is 3. The molecule has 15 heteroatoms. The van der Waals surface area contributed by atoms with Gasteiger partial charge in [0.25, 0.3) is 11.8 Å². The molecule has 0 saturated carbocycles. The van der Waals surface area contributed by atoms with E-state index in [1.165, 1.54) is 13.1 Å². The van der Waals surface area contributed by atoms with Crippen molar-refractivity contribution in [1.29, 1.82) is 0 Å². The average Bonchev–Trinajstić information content (AvgIpc) is 2.99. The van der Waals surface area contributed by atoms with E-state index in [9.17, 15) is 33.9 Å².